The number of carbonyl (C=O) groups excluding carboxylic acids is 1. The van der Waals surface area contributed by atoms with E-state index in [0.29, 0.717) is 15.4 Å². The summed E-state index contributed by atoms with van der Waals surface area (Å²) in [7, 11) is 0. The smallest absolute Gasteiger partial charge is 0.352 e. The van der Waals surface area contributed by atoms with Gasteiger partial charge in [-0.25, -0.2) is 4.79 Å². The average molecular weight is 230 g/mol. The van der Waals surface area contributed by atoms with Crippen LogP contribution in [-0.4, -0.2) is 17.1 Å². The lowest BCUT2D eigenvalue weighted by atomic mass is 10.5. The zero-order valence-corrected chi connectivity index (χ0v) is 9.28. The first-order chi connectivity index (χ1) is 6.61. The Balaban J connectivity index is 3.17. The third-order valence-electron chi connectivity index (χ3n) is 1.52. The largest absolute Gasteiger partial charge is 0.462 e. The predicted octanol–water partition coefficient (Wildman–Crippen LogP) is 2.14. The van der Waals surface area contributed by atoms with Crippen molar-refractivity contribution in [2.45, 2.75) is 6.92 Å². The Morgan fingerprint density at radius 1 is 1.86 bits per heavy atom. The van der Waals surface area contributed by atoms with Crippen molar-refractivity contribution in [1.82, 2.24) is 4.57 Å². The van der Waals surface area contributed by atoms with Crippen LogP contribution in [0.4, 0.5) is 5.82 Å². The van der Waals surface area contributed by atoms with Gasteiger partial charge < -0.3 is 10.5 Å². The molecule has 0 atom stereocenters. The van der Waals surface area contributed by atoms with Gasteiger partial charge in [-0.3, -0.25) is 4.57 Å². The van der Waals surface area contributed by atoms with E-state index in [2.05, 4.69) is 6.58 Å². The van der Waals surface area contributed by atoms with Gasteiger partial charge in [0.05, 0.1) is 6.61 Å². The Bertz CT molecular complexity index is 419. The molecule has 6 heteroatoms. The van der Waals surface area contributed by atoms with E-state index in [1.807, 2.05) is 0 Å². The van der Waals surface area contributed by atoms with Gasteiger partial charge in [-0.15, -0.1) is 0 Å². The first kappa shape index (κ1) is 10.9. The third-order valence-corrected chi connectivity index (χ3v) is 2.92. The number of ether oxygens (including phenoxy) is 1. The number of esters is 1. The van der Waals surface area contributed by atoms with Crippen LogP contribution in [0, 0.1) is 3.95 Å². The molecule has 0 saturated carbocycles. The number of nitrogens with two attached hydrogens (primary N) is 1. The zero-order valence-electron chi connectivity index (χ0n) is 7.65. The van der Waals surface area contributed by atoms with E-state index in [-0.39, 0.29) is 5.82 Å². The quantitative estimate of drug-likeness (QED) is 0.638. The number of carbonyl (C=O) groups is 1. The maximum Gasteiger partial charge on any atom is 0.352 e. The molecule has 0 bridgehead atoms. The van der Waals surface area contributed by atoms with E-state index >= 15 is 0 Å². The number of anilines is 1. The Kier molecular flexibility index (Phi) is 3.43. The second kappa shape index (κ2) is 4.39. The summed E-state index contributed by atoms with van der Waals surface area (Å²) in [6, 6.07) is 0. The lowest BCUT2D eigenvalue weighted by molar-refractivity contribution is 0.0533. The molecular weight excluding hydrogens is 220 g/mol. The molecule has 1 aromatic heterocycles. The monoisotopic (exact) mass is 230 g/mol. The molecule has 4 nitrogen and oxygen atoms in total. The van der Waals surface area contributed by atoms with Crippen LogP contribution in [0.1, 0.15) is 16.6 Å². The highest BCUT2D eigenvalue weighted by Gasteiger charge is 2.16. The van der Waals surface area contributed by atoms with Crippen LogP contribution < -0.4 is 5.73 Å². The van der Waals surface area contributed by atoms with Crippen LogP contribution in [0.25, 0.3) is 6.20 Å². The molecule has 0 fully saturated rings. The summed E-state index contributed by atoms with van der Waals surface area (Å²) in [5, 5.41) is 0. The van der Waals surface area contributed by atoms with Gasteiger partial charge in [0.2, 0.25) is 0 Å². The molecule has 2 N–H and O–H groups in total. The molecule has 1 heterocycles. The molecule has 0 radical (unpaired) electrons. The summed E-state index contributed by atoms with van der Waals surface area (Å²) >= 11 is 6.11. The van der Waals surface area contributed by atoms with Crippen molar-refractivity contribution in [3.63, 3.8) is 0 Å². The van der Waals surface area contributed by atoms with E-state index in [0.717, 1.165) is 11.3 Å². The molecule has 0 amide bonds. The fourth-order valence-electron chi connectivity index (χ4n) is 0.912. The number of hydrogen-bond acceptors (Lipinski definition) is 5. The third kappa shape index (κ3) is 1.85. The van der Waals surface area contributed by atoms with Crippen LogP contribution in [0.3, 0.4) is 0 Å². The Hall–Kier alpha value is -1.14. The van der Waals surface area contributed by atoms with E-state index in [9.17, 15) is 4.79 Å². The maximum absolute atomic E-state index is 11.4. The zero-order chi connectivity index (χ0) is 10.7. The van der Waals surface area contributed by atoms with Gasteiger partial charge in [0, 0.05) is 6.20 Å². The highest BCUT2D eigenvalue weighted by Crippen LogP contribution is 2.22. The van der Waals surface area contributed by atoms with Crippen molar-refractivity contribution >= 4 is 41.5 Å². The molecule has 0 spiro atoms. The van der Waals surface area contributed by atoms with Gasteiger partial charge in [0.1, 0.15) is 5.82 Å². The van der Waals surface area contributed by atoms with Gasteiger partial charge in [-0.2, -0.15) is 0 Å². The lowest BCUT2D eigenvalue weighted by Gasteiger charge is -2.00. The molecule has 76 valence electrons. The van der Waals surface area contributed by atoms with Crippen LogP contribution in [-0.2, 0) is 4.74 Å². The Morgan fingerprint density at radius 3 is 2.93 bits per heavy atom. The number of thiazole rings is 1. The van der Waals surface area contributed by atoms with Crippen LogP contribution in [0.5, 0.6) is 0 Å². The van der Waals surface area contributed by atoms with Gasteiger partial charge in [0.25, 0.3) is 0 Å². The molecule has 0 unspecified atom stereocenters. The predicted molar refractivity (Wildman–Crippen MR) is 59.9 cm³/mol. The van der Waals surface area contributed by atoms with Crippen molar-refractivity contribution < 1.29 is 9.53 Å². The second-order valence-electron chi connectivity index (χ2n) is 2.36. The molecule has 1 aromatic rings. The lowest BCUT2D eigenvalue weighted by Crippen LogP contribution is -2.06. The fourth-order valence-corrected chi connectivity index (χ4v) is 2.13. The van der Waals surface area contributed by atoms with Crippen LogP contribution >= 0.6 is 23.6 Å². The molecule has 0 aliphatic rings. The van der Waals surface area contributed by atoms with Crippen molar-refractivity contribution in [1.29, 1.82) is 0 Å². The molecular formula is C8H10N2O2S2. The van der Waals surface area contributed by atoms with E-state index in [1.54, 1.807) is 6.92 Å². The van der Waals surface area contributed by atoms with Gasteiger partial charge >= 0.3 is 5.97 Å². The number of nitrogens with zero attached hydrogens (tertiary/aromatic N) is 1. The average Bonchev–Trinajstić information content (AvgIpc) is 2.42. The normalized spacial score (nSPS) is 9.79. The van der Waals surface area contributed by atoms with Crippen molar-refractivity contribution in [3.05, 3.63) is 15.4 Å². The first-order valence-corrected chi connectivity index (χ1v) is 5.14. The Labute approximate surface area is 90.6 Å². The SMILES string of the molecule is C=Cn1c(N)c(C(=O)OCC)sc1=S. The number of aromatic nitrogens is 1. The molecule has 0 aliphatic heterocycles. The number of nitrogen functional groups attached to an aromatic ring is 1. The summed E-state index contributed by atoms with van der Waals surface area (Å²) in [5.41, 5.74) is 5.68. The highest BCUT2D eigenvalue weighted by atomic mass is 32.1. The van der Waals surface area contributed by atoms with Gasteiger partial charge in [-0.05, 0) is 19.1 Å². The molecule has 1 rings (SSSR count). The van der Waals surface area contributed by atoms with E-state index in [4.69, 9.17) is 22.7 Å². The van der Waals surface area contributed by atoms with Crippen molar-refractivity contribution in [2.75, 3.05) is 12.3 Å². The molecule has 0 saturated heterocycles. The summed E-state index contributed by atoms with van der Waals surface area (Å²) in [6.07, 6.45) is 1.47. The topological polar surface area (TPSA) is 57.2 Å². The van der Waals surface area contributed by atoms with Gasteiger partial charge in [-0.1, -0.05) is 17.9 Å². The Morgan fingerprint density at radius 2 is 2.50 bits per heavy atom. The standard InChI is InChI=1S/C8H10N2O2S2/c1-3-10-6(9)5(14-8(10)13)7(11)12-4-2/h3H,1,4,9H2,2H3. The minimum Gasteiger partial charge on any atom is -0.462 e. The summed E-state index contributed by atoms with van der Waals surface area (Å²) in [5.74, 6) is -0.157. The summed E-state index contributed by atoms with van der Waals surface area (Å²) in [4.78, 5) is 11.7. The highest BCUT2D eigenvalue weighted by molar-refractivity contribution is 7.73. The van der Waals surface area contributed by atoms with Crippen molar-refractivity contribution in [3.8, 4) is 0 Å². The minimum atomic E-state index is -0.443. The number of hydrogen-bond donors (Lipinski definition) is 1. The van der Waals surface area contributed by atoms with Crippen LogP contribution in [0.2, 0.25) is 0 Å². The first-order valence-electron chi connectivity index (χ1n) is 3.92. The second-order valence-corrected chi connectivity index (χ2v) is 4.00. The maximum atomic E-state index is 11.4. The van der Waals surface area contributed by atoms with Crippen LogP contribution in [0.15, 0.2) is 6.58 Å². The summed E-state index contributed by atoms with van der Waals surface area (Å²) in [6.45, 7) is 5.59. The molecule has 0 aromatic carbocycles. The van der Waals surface area contributed by atoms with E-state index < -0.39 is 5.97 Å². The summed E-state index contributed by atoms with van der Waals surface area (Å²) < 4.78 is 6.78. The van der Waals surface area contributed by atoms with Gasteiger partial charge in [0.15, 0.2) is 8.83 Å². The molecule has 0 aliphatic carbocycles. The minimum absolute atomic E-state index is 0.286. The fraction of sp³-hybridized carbons (Fsp3) is 0.250. The van der Waals surface area contributed by atoms with E-state index in [1.165, 1.54) is 10.8 Å². The molecule has 14 heavy (non-hydrogen) atoms. The number of rotatable bonds is 3. The van der Waals surface area contributed by atoms with Crippen molar-refractivity contribution in [2.24, 2.45) is 0 Å².